The fourth-order valence-corrected chi connectivity index (χ4v) is 3.47. The molecule has 1 aliphatic heterocycles. The van der Waals surface area contributed by atoms with Gasteiger partial charge in [0.25, 0.3) is 0 Å². The lowest BCUT2D eigenvalue weighted by molar-refractivity contribution is -0.128. The van der Waals surface area contributed by atoms with Crippen molar-refractivity contribution in [3.05, 3.63) is 60.2 Å². The molecule has 1 aromatic heterocycles. The van der Waals surface area contributed by atoms with Gasteiger partial charge in [0.1, 0.15) is 5.82 Å². The molecule has 2 aromatic rings. The molecule has 6 heteroatoms. The van der Waals surface area contributed by atoms with Crippen molar-refractivity contribution in [2.75, 3.05) is 37.6 Å². The van der Waals surface area contributed by atoms with Gasteiger partial charge in [-0.1, -0.05) is 39.0 Å². The predicted molar refractivity (Wildman–Crippen MR) is 110 cm³/mol. The summed E-state index contributed by atoms with van der Waals surface area (Å²) < 4.78 is 14.1. The SMILES string of the molecule is CC(C)(C)C(=O)NC[C@@H](c1cccnc1)N1CCN(c2ccccc2F)CC1. The van der Waals surface area contributed by atoms with Crippen LogP contribution in [-0.4, -0.2) is 48.5 Å². The number of nitrogens with one attached hydrogen (secondary N) is 1. The van der Waals surface area contributed by atoms with Gasteiger partial charge in [0.05, 0.1) is 11.7 Å². The van der Waals surface area contributed by atoms with Gasteiger partial charge in [-0.25, -0.2) is 4.39 Å². The van der Waals surface area contributed by atoms with E-state index in [9.17, 15) is 9.18 Å². The average molecular weight is 384 g/mol. The Kier molecular flexibility index (Phi) is 6.29. The van der Waals surface area contributed by atoms with E-state index < -0.39 is 5.41 Å². The zero-order valence-corrected chi connectivity index (χ0v) is 16.9. The number of carbonyl (C=O) groups excluding carboxylic acids is 1. The first-order valence-corrected chi connectivity index (χ1v) is 9.78. The maximum atomic E-state index is 14.1. The fourth-order valence-electron chi connectivity index (χ4n) is 3.47. The van der Waals surface area contributed by atoms with E-state index in [4.69, 9.17) is 0 Å². The largest absolute Gasteiger partial charge is 0.367 e. The molecule has 0 spiro atoms. The molecule has 1 N–H and O–H groups in total. The lowest BCUT2D eigenvalue weighted by atomic mass is 9.95. The molecule has 1 amide bonds. The van der Waals surface area contributed by atoms with Crippen LogP contribution in [0.3, 0.4) is 0 Å². The fraction of sp³-hybridized carbons (Fsp3) is 0.455. The Morgan fingerprint density at radius 1 is 1.14 bits per heavy atom. The smallest absolute Gasteiger partial charge is 0.225 e. The summed E-state index contributed by atoms with van der Waals surface area (Å²) in [6.45, 7) is 9.33. The topological polar surface area (TPSA) is 48.5 Å². The second-order valence-electron chi connectivity index (χ2n) is 8.24. The quantitative estimate of drug-likeness (QED) is 0.860. The number of amides is 1. The summed E-state index contributed by atoms with van der Waals surface area (Å²) in [6.07, 6.45) is 3.61. The summed E-state index contributed by atoms with van der Waals surface area (Å²) in [6, 6.07) is 10.9. The summed E-state index contributed by atoms with van der Waals surface area (Å²) in [5.74, 6) is -0.149. The van der Waals surface area contributed by atoms with Gasteiger partial charge < -0.3 is 10.2 Å². The lowest BCUT2D eigenvalue weighted by Gasteiger charge is -2.40. The second-order valence-corrected chi connectivity index (χ2v) is 8.24. The third-order valence-corrected chi connectivity index (χ3v) is 5.15. The zero-order chi connectivity index (χ0) is 20.1. The third-order valence-electron chi connectivity index (χ3n) is 5.15. The van der Waals surface area contributed by atoms with E-state index in [1.165, 1.54) is 6.07 Å². The number of carbonyl (C=O) groups is 1. The number of piperazine rings is 1. The van der Waals surface area contributed by atoms with Crippen molar-refractivity contribution >= 4 is 11.6 Å². The molecule has 0 bridgehead atoms. The first kappa shape index (κ1) is 20.3. The summed E-state index contributed by atoms with van der Waals surface area (Å²) in [5, 5.41) is 3.09. The van der Waals surface area contributed by atoms with Crippen LogP contribution in [-0.2, 0) is 4.79 Å². The molecule has 0 radical (unpaired) electrons. The molecule has 2 heterocycles. The molecule has 1 atom stereocenters. The molecule has 3 rings (SSSR count). The van der Waals surface area contributed by atoms with Gasteiger partial charge >= 0.3 is 0 Å². The van der Waals surface area contributed by atoms with Crippen molar-refractivity contribution in [1.82, 2.24) is 15.2 Å². The Bertz CT molecular complexity index is 783. The maximum absolute atomic E-state index is 14.1. The highest BCUT2D eigenvalue weighted by Gasteiger charge is 2.28. The Balaban J connectivity index is 1.69. The van der Waals surface area contributed by atoms with Crippen LogP contribution in [0.4, 0.5) is 10.1 Å². The highest BCUT2D eigenvalue weighted by Crippen LogP contribution is 2.25. The second kappa shape index (κ2) is 8.69. The van der Waals surface area contributed by atoms with Crippen molar-refractivity contribution in [3.8, 4) is 0 Å². The van der Waals surface area contributed by atoms with Gasteiger partial charge in [-0.05, 0) is 23.8 Å². The van der Waals surface area contributed by atoms with E-state index in [0.717, 1.165) is 31.7 Å². The highest BCUT2D eigenvalue weighted by molar-refractivity contribution is 5.81. The normalized spacial score (nSPS) is 16.6. The van der Waals surface area contributed by atoms with Crippen LogP contribution >= 0.6 is 0 Å². The standard InChI is InChI=1S/C22H29FN4O/c1-22(2,3)21(28)25-16-20(17-7-6-10-24-15-17)27-13-11-26(12-14-27)19-9-5-4-8-18(19)23/h4-10,15,20H,11-14,16H2,1-3H3,(H,25,28)/t20-/m0/s1. The molecule has 5 nitrogen and oxygen atoms in total. The third kappa shape index (κ3) is 4.87. The van der Waals surface area contributed by atoms with Crippen LogP contribution in [0.5, 0.6) is 0 Å². The number of anilines is 1. The molecule has 150 valence electrons. The van der Waals surface area contributed by atoms with Crippen LogP contribution in [0.15, 0.2) is 48.8 Å². The Morgan fingerprint density at radius 2 is 1.86 bits per heavy atom. The van der Waals surface area contributed by atoms with Crippen LogP contribution in [0, 0.1) is 11.2 Å². The van der Waals surface area contributed by atoms with Crippen molar-refractivity contribution in [2.45, 2.75) is 26.8 Å². The molecule has 0 aliphatic carbocycles. The molecule has 1 saturated heterocycles. The first-order valence-electron chi connectivity index (χ1n) is 9.78. The minimum atomic E-state index is -0.428. The highest BCUT2D eigenvalue weighted by atomic mass is 19.1. The Hall–Kier alpha value is -2.47. The monoisotopic (exact) mass is 384 g/mol. The maximum Gasteiger partial charge on any atom is 0.225 e. The van der Waals surface area contributed by atoms with Gasteiger partial charge in [0, 0.05) is 50.5 Å². The van der Waals surface area contributed by atoms with Gasteiger partial charge in [0.2, 0.25) is 5.91 Å². The molecule has 0 unspecified atom stereocenters. The van der Waals surface area contributed by atoms with E-state index in [-0.39, 0.29) is 17.8 Å². The van der Waals surface area contributed by atoms with Crippen LogP contribution < -0.4 is 10.2 Å². The number of aromatic nitrogens is 1. The Morgan fingerprint density at radius 3 is 2.46 bits per heavy atom. The number of hydrogen-bond acceptors (Lipinski definition) is 4. The van der Waals surface area contributed by atoms with Crippen molar-refractivity contribution in [3.63, 3.8) is 0 Å². The summed E-state index contributed by atoms with van der Waals surface area (Å²) in [7, 11) is 0. The average Bonchev–Trinajstić information content (AvgIpc) is 2.69. The number of rotatable bonds is 5. The van der Waals surface area contributed by atoms with Crippen molar-refractivity contribution in [2.24, 2.45) is 5.41 Å². The molecule has 1 aromatic carbocycles. The van der Waals surface area contributed by atoms with Crippen molar-refractivity contribution < 1.29 is 9.18 Å². The molecule has 1 aliphatic rings. The molecule has 0 saturated carbocycles. The lowest BCUT2D eigenvalue weighted by Crippen LogP contribution is -2.50. The summed E-state index contributed by atoms with van der Waals surface area (Å²) in [4.78, 5) is 21.0. The van der Waals surface area contributed by atoms with Crippen LogP contribution in [0.25, 0.3) is 0 Å². The van der Waals surface area contributed by atoms with E-state index in [2.05, 4.69) is 20.1 Å². The van der Waals surface area contributed by atoms with Gasteiger partial charge in [-0.15, -0.1) is 0 Å². The summed E-state index contributed by atoms with van der Waals surface area (Å²) in [5.41, 5.74) is 1.31. The first-order chi connectivity index (χ1) is 13.4. The number of nitrogens with zero attached hydrogens (tertiary/aromatic N) is 3. The number of para-hydroxylation sites is 1. The predicted octanol–water partition coefficient (Wildman–Crippen LogP) is 3.25. The van der Waals surface area contributed by atoms with Gasteiger partial charge in [-0.2, -0.15) is 0 Å². The van der Waals surface area contributed by atoms with Gasteiger partial charge in [0.15, 0.2) is 0 Å². The molecule has 1 fully saturated rings. The minimum Gasteiger partial charge on any atom is -0.367 e. The van der Waals surface area contributed by atoms with Crippen LogP contribution in [0.1, 0.15) is 32.4 Å². The zero-order valence-electron chi connectivity index (χ0n) is 16.9. The summed E-state index contributed by atoms with van der Waals surface area (Å²) >= 11 is 0. The molecule has 28 heavy (non-hydrogen) atoms. The van der Waals surface area contributed by atoms with Crippen LogP contribution in [0.2, 0.25) is 0 Å². The van der Waals surface area contributed by atoms with Gasteiger partial charge in [-0.3, -0.25) is 14.7 Å². The number of pyridine rings is 1. The number of halogens is 1. The van der Waals surface area contributed by atoms with E-state index in [0.29, 0.717) is 12.2 Å². The number of benzene rings is 1. The van der Waals surface area contributed by atoms with Crippen molar-refractivity contribution in [1.29, 1.82) is 0 Å². The van der Waals surface area contributed by atoms with E-state index in [1.54, 1.807) is 12.3 Å². The minimum absolute atomic E-state index is 0.0337. The molecular formula is C22H29FN4O. The Labute approximate surface area is 166 Å². The molecular weight excluding hydrogens is 355 g/mol. The number of hydrogen-bond donors (Lipinski definition) is 1. The van der Waals surface area contributed by atoms with E-state index in [1.807, 2.05) is 51.2 Å². The van der Waals surface area contributed by atoms with E-state index >= 15 is 0 Å².